The predicted molar refractivity (Wildman–Crippen MR) is 26.1 cm³/mol. The summed E-state index contributed by atoms with van der Waals surface area (Å²) in [5.41, 5.74) is 0. The first-order valence-electron chi connectivity index (χ1n) is 2.33. The summed E-state index contributed by atoms with van der Waals surface area (Å²) in [6.07, 6.45) is 0.375. The highest BCUT2D eigenvalue weighted by Crippen LogP contribution is 2.12. The van der Waals surface area contributed by atoms with Gasteiger partial charge in [-0.2, -0.15) is 0 Å². The quantitative estimate of drug-likeness (QED) is 0.334. The monoisotopic (exact) mass is 122 g/mol. The lowest BCUT2D eigenvalue weighted by Crippen LogP contribution is -2.28. The van der Waals surface area contributed by atoms with Crippen LogP contribution in [-0.4, -0.2) is 16.3 Å². The van der Waals surface area contributed by atoms with Crippen LogP contribution in [0.5, 0.6) is 0 Å². The molecule has 4 heteroatoms. The molecule has 0 heterocycles. The molecule has 2 N–H and O–H groups in total. The SMILES string of the molecule is CCC(C)(OO)OO. The van der Waals surface area contributed by atoms with E-state index < -0.39 is 5.79 Å². The maximum Gasteiger partial charge on any atom is 0.230 e. The van der Waals surface area contributed by atoms with Crippen LogP contribution in [-0.2, 0) is 9.78 Å². The van der Waals surface area contributed by atoms with Crippen LogP contribution in [0.2, 0.25) is 0 Å². The van der Waals surface area contributed by atoms with Crippen LogP contribution in [0.25, 0.3) is 0 Å². The standard InChI is InChI=1S/C4H10O4/c1-3-4(2,7-5)8-6/h5-6H,3H2,1-2H3. The van der Waals surface area contributed by atoms with E-state index in [0.29, 0.717) is 6.42 Å². The molecule has 0 radical (unpaired) electrons. The predicted octanol–water partition coefficient (Wildman–Crippen LogP) is 1.09. The Bertz CT molecular complexity index is 50.8. The molecular formula is C4H10O4. The van der Waals surface area contributed by atoms with Crippen molar-refractivity contribution in [2.45, 2.75) is 26.1 Å². The molecule has 0 spiro atoms. The van der Waals surface area contributed by atoms with E-state index in [0.717, 1.165) is 0 Å². The first-order valence-corrected chi connectivity index (χ1v) is 2.33. The minimum Gasteiger partial charge on any atom is -0.249 e. The van der Waals surface area contributed by atoms with Gasteiger partial charge >= 0.3 is 0 Å². The highest BCUT2D eigenvalue weighted by Gasteiger charge is 2.23. The van der Waals surface area contributed by atoms with Gasteiger partial charge in [0, 0.05) is 6.42 Å². The molecule has 0 amide bonds. The summed E-state index contributed by atoms with van der Waals surface area (Å²) in [5.74, 6) is -1.26. The Labute approximate surface area is 47.5 Å². The molecule has 50 valence electrons. The van der Waals surface area contributed by atoms with Crippen molar-refractivity contribution in [3.63, 3.8) is 0 Å². The van der Waals surface area contributed by atoms with Crippen LogP contribution < -0.4 is 0 Å². The molecule has 0 atom stereocenters. The first-order chi connectivity index (χ1) is 3.68. The molecule has 0 aromatic heterocycles. The zero-order chi connectivity index (χ0) is 6.62. The largest absolute Gasteiger partial charge is 0.249 e. The van der Waals surface area contributed by atoms with Gasteiger partial charge in [0.2, 0.25) is 5.79 Å². The molecule has 4 nitrogen and oxygen atoms in total. The highest BCUT2D eigenvalue weighted by molar-refractivity contribution is 4.52. The second kappa shape index (κ2) is 2.99. The van der Waals surface area contributed by atoms with Gasteiger partial charge in [-0.1, -0.05) is 6.92 Å². The first kappa shape index (κ1) is 7.84. The van der Waals surface area contributed by atoms with Gasteiger partial charge in [0.05, 0.1) is 0 Å². The van der Waals surface area contributed by atoms with Crippen molar-refractivity contribution >= 4 is 0 Å². The van der Waals surface area contributed by atoms with Crippen molar-refractivity contribution < 1.29 is 20.3 Å². The molecule has 8 heavy (non-hydrogen) atoms. The molecular weight excluding hydrogens is 112 g/mol. The highest BCUT2D eigenvalue weighted by atomic mass is 17.2. The molecule has 0 aliphatic carbocycles. The van der Waals surface area contributed by atoms with Gasteiger partial charge in [0.25, 0.3) is 0 Å². The minimum absolute atomic E-state index is 0.375. The lowest BCUT2D eigenvalue weighted by molar-refractivity contribution is -0.480. The third-order valence-electron chi connectivity index (χ3n) is 1.03. The number of rotatable bonds is 3. The number of hydrogen-bond acceptors (Lipinski definition) is 4. The third-order valence-corrected chi connectivity index (χ3v) is 1.03. The Morgan fingerprint density at radius 3 is 1.75 bits per heavy atom. The summed E-state index contributed by atoms with van der Waals surface area (Å²) in [5, 5.41) is 16.0. The second-order valence-corrected chi connectivity index (χ2v) is 1.67. The van der Waals surface area contributed by atoms with E-state index in [2.05, 4.69) is 9.78 Å². The lowest BCUT2D eigenvalue weighted by Gasteiger charge is -2.18. The smallest absolute Gasteiger partial charge is 0.230 e. The van der Waals surface area contributed by atoms with Gasteiger partial charge in [-0.05, 0) is 6.92 Å². The van der Waals surface area contributed by atoms with E-state index in [1.54, 1.807) is 6.92 Å². The van der Waals surface area contributed by atoms with Crippen LogP contribution >= 0.6 is 0 Å². The lowest BCUT2D eigenvalue weighted by atomic mass is 10.2. The topological polar surface area (TPSA) is 58.9 Å². The zero-order valence-corrected chi connectivity index (χ0v) is 4.92. The molecule has 0 aromatic carbocycles. The van der Waals surface area contributed by atoms with Crippen LogP contribution in [0.4, 0.5) is 0 Å². The summed E-state index contributed by atoms with van der Waals surface area (Å²) in [7, 11) is 0. The van der Waals surface area contributed by atoms with Gasteiger partial charge in [-0.15, -0.1) is 0 Å². The number of hydrogen-bond donors (Lipinski definition) is 2. The third kappa shape index (κ3) is 1.75. The van der Waals surface area contributed by atoms with Gasteiger partial charge in [0.1, 0.15) is 0 Å². The van der Waals surface area contributed by atoms with Gasteiger partial charge in [-0.25, -0.2) is 20.3 Å². The van der Waals surface area contributed by atoms with Crippen LogP contribution in [0, 0.1) is 0 Å². The van der Waals surface area contributed by atoms with E-state index in [9.17, 15) is 0 Å². The Morgan fingerprint density at radius 1 is 1.38 bits per heavy atom. The Balaban J connectivity index is 3.58. The maximum atomic E-state index is 8.00. The fraction of sp³-hybridized carbons (Fsp3) is 1.00. The van der Waals surface area contributed by atoms with Crippen molar-refractivity contribution in [3.05, 3.63) is 0 Å². The molecule has 0 aromatic rings. The fourth-order valence-corrected chi connectivity index (χ4v) is 0.146. The Kier molecular flexibility index (Phi) is 2.93. The van der Waals surface area contributed by atoms with Crippen molar-refractivity contribution in [1.82, 2.24) is 0 Å². The van der Waals surface area contributed by atoms with Crippen LogP contribution in [0.3, 0.4) is 0 Å². The van der Waals surface area contributed by atoms with E-state index >= 15 is 0 Å². The summed E-state index contributed by atoms with van der Waals surface area (Å²) in [6.45, 7) is 3.11. The summed E-state index contributed by atoms with van der Waals surface area (Å²) in [6, 6.07) is 0. The van der Waals surface area contributed by atoms with Crippen LogP contribution in [0.15, 0.2) is 0 Å². The van der Waals surface area contributed by atoms with Crippen molar-refractivity contribution in [2.75, 3.05) is 0 Å². The fourth-order valence-electron chi connectivity index (χ4n) is 0.146. The Hall–Kier alpha value is -0.160. The average molecular weight is 122 g/mol. The van der Waals surface area contributed by atoms with E-state index in [1.165, 1.54) is 6.92 Å². The summed E-state index contributed by atoms with van der Waals surface area (Å²) < 4.78 is 0. The van der Waals surface area contributed by atoms with Crippen molar-refractivity contribution in [2.24, 2.45) is 0 Å². The zero-order valence-electron chi connectivity index (χ0n) is 4.92. The second-order valence-electron chi connectivity index (χ2n) is 1.67. The van der Waals surface area contributed by atoms with Gasteiger partial charge in [0.15, 0.2) is 0 Å². The molecule has 0 unspecified atom stereocenters. The normalized spacial score (nSPS) is 12.0. The van der Waals surface area contributed by atoms with E-state index in [1.807, 2.05) is 0 Å². The van der Waals surface area contributed by atoms with Gasteiger partial charge < -0.3 is 0 Å². The van der Waals surface area contributed by atoms with Crippen molar-refractivity contribution in [3.8, 4) is 0 Å². The summed E-state index contributed by atoms with van der Waals surface area (Å²) >= 11 is 0. The van der Waals surface area contributed by atoms with Crippen molar-refractivity contribution in [1.29, 1.82) is 0 Å². The van der Waals surface area contributed by atoms with E-state index in [4.69, 9.17) is 10.5 Å². The molecule has 0 saturated heterocycles. The molecule has 0 saturated carbocycles. The van der Waals surface area contributed by atoms with E-state index in [-0.39, 0.29) is 0 Å². The minimum atomic E-state index is -1.26. The molecule has 0 aliphatic rings. The Morgan fingerprint density at radius 2 is 1.75 bits per heavy atom. The average Bonchev–Trinajstić information content (AvgIpc) is 1.87. The molecule has 0 fully saturated rings. The molecule has 0 bridgehead atoms. The van der Waals surface area contributed by atoms with Crippen LogP contribution in [0.1, 0.15) is 20.3 Å². The van der Waals surface area contributed by atoms with Gasteiger partial charge in [-0.3, -0.25) is 0 Å². The maximum absolute atomic E-state index is 8.00. The summed E-state index contributed by atoms with van der Waals surface area (Å²) in [4.78, 5) is 7.53. The molecule has 0 aliphatic heterocycles. The molecule has 0 rings (SSSR count).